The molecule has 0 heterocycles. The van der Waals surface area contributed by atoms with Gasteiger partial charge in [-0.05, 0) is 65.2 Å². The Morgan fingerprint density at radius 1 is 0.536 bits per heavy atom. The molecule has 0 aromatic carbocycles. The maximum absolute atomic E-state index is 12.1. The normalized spacial score (nSPS) is 12.0. The van der Waals surface area contributed by atoms with Gasteiger partial charge >= 0.3 is 48.3 Å². The highest BCUT2D eigenvalue weighted by atomic mass is 16.6. The summed E-state index contributed by atoms with van der Waals surface area (Å²) in [6.45, 7) is 9.81. The minimum Gasteiger partial charge on any atom is -0.467 e. The highest BCUT2D eigenvalue weighted by Gasteiger charge is 2.24. The number of carbonyl (C=O) groups excluding carboxylic acids is 8. The van der Waals surface area contributed by atoms with Crippen molar-refractivity contribution in [2.75, 3.05) is 53.7 Å². The zero-order chi connectivity index (χ0) is 40.7. The van der Waals surface area contributed by atoms with Crippen molar-refractivity contribution in [2.45, 2.75) is 104 Å². The smallest absolute Gasteiger partial charge is 0.408 e. The number of esters is 4. The van der Waals surface area contributed by atoms with E-state index in [-0.39, 0.29) is 67.2 Å². The molecule has 0 aliphatic heterocycles. The third kappa shape index (κ3) is 28.9. The van der Waals surface area contributed by atoms with E-state index >= 15 is 0 Å². The second-order valence-corrected chi connectivity index (χ2v) is 11.4. The van der Waals surface area contributed by atoms with E-state index in [9.17, 15) is 38.4 Å². The van der Waals surface area contributed by atoms with E-state index < -0.39 is 72.5 Å². The summed E-state index contributed by atoms with van der Waals surface area (Å²) < 4.78 is 39.3. The second-order valence-electron chi connectivity index (χ2n) is 11.4. The van der Waals surface area contributed by atoms with E-state index in [1.165, 1.54) is 28.1 Å². The lowest BCUT2D eigenvalue weighted by atomic mass is 10.1. The third-order valence-electron chi connectivity index (χ3n) is 6.81. The Morgan fingerprint density at radius 3 is 1.21 bits per heavy atom. The van der Waals surface area contributed by atoms with Crippen molar-refractivity contribution in [1.29, 1.82) is 0 Å². The van der Waals surface area contributed by atoms with Gasteiger partial charge in [0.25, 0.3) is 0 Å². The molecule has 0 spiro atoms. The number of carbonyl (C=O) groups is 8. The number of nitrogens with one attached hydrogen (secondary N) is 4. The standard InChI is InChI=1S/C34H54N4O16.2CH4/c1-7-27(39)51-21-23(3)53-33(45)37-25(29(41)47-5)15-9-11-17-35-31(43)49-19-13-14-20-50-32(44)36-18-12-10-16-26(30(42)48-6)38-34(46)54-24(4)22-52-28(40)8-2;;/h7-8,23-26H,1-2,9-22H2,3-6H3,(H,35,43)(H,36,44)(H,37,45)(H,38,46);2*1H4. The molecule has 0 fully saturated rings. The number of alkyl carbamates (subject to hydrolysis) is 4. The van der Waals surface area contributed by atoms with E-state index in [2.05, 4.69) is 34.4 Å². The first kappa shape index (κ1) is 54.8. The Balaban J connectivity index is -0.0000140. The molecule has 0 saturated heterocycles. The van der Waals surface area contributed by atoms with Crippen molar-refractivity contribution in [3.8, 4) is 0 Å². The van der Waals surface area contributed by atoms with Crippen LogP contribution in [0.15, 0.2) is 25.3 Å². The van der Waals surface area contributed by atoms with Crippen LogP contribution < -0.4 is 21.3 Å². The largest absolute Gasteiger partial charge is 0.467 e. The van der Waals surface area contributed by atoms with Crippen LogP contribution in [0, 0.1) is 0 Å². The van der Waals surface area contributed by atoms with E-state index in [1.807, 2.05) is 0 Å². The van der Waals surface area contributed by atoms with Gasteiger partial charge in [-0.1, -0.05) is 28.0 Å². The lowest BCUT2D eigenvalue weighted by molar-refractivity contribution is -0.144. The molecular weight excluding hydrogens is 744 g/mol. The number of unbranched alkanes of at least 4 members (excludes halogenated alkanes) is 3. The summed E-state index contributed by atoms with van der Waals surface area (Å²) in [5.41, 5.74) is 0. The molecule has 0 bridgehead atoms. The molecule has 4 amide bonds. The maximum atomic E-state index is 12.1. The van der Waals surface area contributed by atoms with Crippen LogP contribution in [0.3, 0.4) is 0 Å². The van der Waals surface area contributed by atoms with Gasteiger partial charge in [-0.2, -0.15) is 0 Å². The summed E-state index contributed by atoms with van der Waals surface area (Å²) in [5.74, 6) is -2.69. The molecule has 4 atom stereocenters. The van der Waals surface area contributed by atoms with Crippen molar-refractivity contribution < 1.29 is 76.3 Å². The number of ether oxygens (including phenoxy) is 8. The Labute approximate surface area is 329 Å². The first-order chi connectivity index (χ1) is 25.8. The predicted octanol–water partition coefficient (Wildman–Crippen LogP) is 3.60. The van der Waals surface area contributed by atoms with Crippen LogP contribution in [0.25, 0.3) is 0 Å². The van der Waals surface area contributed by atoms with Gasteiger partial charge in [-0.15, -0.1) is 0 Å². The van der Waals surface area contributed by atoms with Gasteiger partial charge in [0.15, 0.2) is 0 Å². The molecule has 322 valence electrons. The highest BCUT2D eigenvalue weighted by molar-refractivity contribution is 5.83. The first-order valence-corrected chi connectivity index (χ1v) is 17.3. The minimum atomic E-state index is -0.991. The SMILES string of the molecule is C.C.C=CC(=O)OCC(C)OC(=O)NC(CCCCNC(=O)OCCCCOC(=O)NCCCCC(NC(=O)OC(C)COC(=O)C=C)C(=O)OC)C(=O)OC. The Hall–Kier alpha value is -5.56. The average molecular weight is 807 g/mol. The van der Waals surface area contributed by atoms with Crippen LogP contribution in [0.4, 0.5) is 19.2 Å². The van der Waals surface area contributed by atoms with Crippen molar-refractivity contribution >= 4 is 48.3 Å². The molecule has 0 aromatic heterocycles. The predicted molar refractivity (Wildman–Crippen MR) is 201 cm³/mol. The number of hydrogen-bond donors (Lipinski definition) is 4. The Bertz CT molecular complexity index is 1140. The summed E-state index contributed by atoms with van der Waals surface area (Å²) >= 11 is 0. The van der Waals surface area contributed by atoms with Gasteiger partial charge in [0.1, 0.15) is 37.5 Å². The Kier molecular flexibility index (Phi) is 33.2. The molecule has 20 nitrogen and oxygen atoms in total. The van der Waals surface area contributed by atoms with E-state index in [0.29, 0.717) is 38.5 Å². The minimum absolute atomic E-state index is 0. The van der Waals surface area contributed by atoms with Crippen LogP contribution >= 0.6 is 0 Å². The summed E-state index contributed by atoms with van der Waals surface area (Å²) in [7, 11) is 2.35. The molecule has 4 unspecified atom stereocenters. The van der Waals surface area contributed by atoms with Crippen LogP contribution in [-0.2, 0) is 57.1 Å². The molecule has 20 heteroatoms. The van der Waals surface area contributed by atoms with E-state index in [0.717, 1.165) is 12.2 Å². The van der Waals surface area contributed by atoms with Gasteiger partial charge in [-0.25, -0.2) is 38.4 Å². The van der Waals surface area contributed by atoms with Gasteiger partial charge in [0, 0.05) is 25.2 Å². The molecule has 4 N–H and O–H groups in total. The molecule has 0 radical (unpaired) electrons. The summed E-state index contributed by atoms with van der Waals surface area (Å²) in [6, 6.07) is -1.98. The van der Waals surface area contributed by atoms with Crippen molar-refractivity contribution in [3.05, 3.63) is 25.3 Å². The second kappa shape index (κ2) is 34.0. The monoisotopic (exact) mass is 806 g/mol. The van der Waals surface area contributed by atoms with Gasteiger partial charge < -0.3 is 59.2 Å². The summed E-state index contributed by atoms with van der Waals surface area (Å²) in [4.78, 5) is 94.5. The van der Waals surface area contributed by atoms with Crippen LogP contribution in [0.5, 0.6) is 0 Å². The fraction of sp³-hybridized carbons (Fsp3) is 0.667. The van der Waals surface area contributed by atoms with E-state index in [1.54, 1.807) is 0 Å². The topological polar surface area (TPSA) is 259 Å². The van der Waals surface area contributed by atoms with Crippen molar-refractivity contribution in [1.82, 2.24) is 21.3 Å². The number of hydrogen-bond acceptors (Lipinski definition) is 16. The zero-order valence-corrected chi connectivity index (χ0v) is 31.3. The Morgan fingerprint density at radius 2 is 0.893 bits per heavy atom. The zero-order valence-electron chi connectivity index (χ0n) is 31.3. The fourth-order valence-electron chi connectivity index (χ4n) is 4.05. The number of amides is 4. The first-order valence-electron chi connectivity index (χ1n) is 17.3. The maximum Gasteiger partial charge on any atom is 0.408 e. The average Bonchev–Trinajstić information content (AvgIpc) is 3.15. The van der Waals surface area contributed by atoms with Gasteiger partial charge in [-0.3, -0.25) is 0 Å². The number of methoxy groups -OCH3 is 2. The molecular formula is C36H62N4O16. The summed E-state index contributed by atoms with van der Waals surface area (Å²) in [6.07, 6.45) is 0.401. The highest BCUT2D eigenvalue weighted by Crippen LogP contribution is 2.06. The van der Waals surface area contributed by atoms with Gasteiger partial charge in [0.2, 0.25) is 0 Å². The molecule has 56 heavy (non-hydrogen) atoms. The van der Waals surface area contributed by atoms with Crippen molar-refractivity contribution in [2.24, 2.45) is 0 Å². The molecule has 0 rings (SSSR count). The van der Waals surface area contributed by atoms with Gasteiger partial charge in [0.05, 0.1) is 27.4 Å². The molecule has 0 aliphatic carbocycles. The quantitative estimate of drug-likeness (QED) is 0.0400. The number of rotatable bonds is 27. The van der Waals surface area contributed by atoms with Crippen LogP contribution in [0.1, 0.15) is 80.1 Å². The van der Waals surface area contributed by atoms with E-state index in [4.69, 9.17) is 37.9 Å². The fourth-order valence-corrected chi connectivity index (χ4v) is 4.05. The molecule has 0 aromatic rings. The molecule has 0 aliphatic rings. The van der Waals surface area contributed by atoms with Crippen molar-refractivity contribution in [3.63, 3.8) is 0 Å². The summed E-state index contributed by atoms with van der Waals surface area (Å²) in [5, 5.41) is 9.97. The lowest BCUT2D eigenvalue weighted by Gasteiger charge is -2.18. The molecule has 0 saturated carbocycles. The van der Waals surface area contributed by atoms with Crippen LogP contribution in [0.2, 0.25) is 0 Å². The van der Waals surface area contributed by atoms with Crippen LogP contribution in [-0.4, -0.2) is 126 Å². The third-order valence-corrected chi connectivity index (χ3v) is 6.81. The lowest BCUT2D eigenvalue weighted by Crippen LogP contribution is -2.43.